The van der Waals surface area contributed by atoms with Crippen LogP contribution < -0.4 is 10.6 Å². The molecule has 0 aliphatic carbocycles. The summed E-state index contributed by atoms with van der Waals surface area (Å²) < 4.78 is 24.8. The van der Waals surface area contributed by atoms with Gasteiger partial charge in [0.05, 0.1) is 6.54 Å². The first kappa shape index (κ1) is 18.6. The Hall–Kier alpha value is -1.69. The van der Waals surface area contributed by atoms with Crippen molar-refractivity contribution >= 4 is 11.7 Å². The van der Waals surface area contributed by atoms with E-state index in [0.29, 0.717) is 25.9 Å². The van der Waals surface area contributed by atoms with Crippen molar-refractivity contribution in [3.05, 3.63) is 29.8 Å². The molecule has 24 heavy (non-hydrogen) atoms. The molecule has 0 bridgehead atoms. The first-order valence-electron chi connectivity index (χ1n) is 8.43. The molecule has 0 spiro atoms. The van der Waals surface area contributed by atoms with Crippen molar-refractivity contribution in [1.29, 1.82) is 0 Å². The Morgan fingerprint density at radius 1 is 1.25 bits per heavy atom. The summed E-state index contributed by atoms with van der Waals surface area (Å²) in [5.41, 5.74) is 1.81. The summed E-state index contributed by atoms with van der Waals surface area (Å²) in [5, 5.41) is 5.88. The second-order valence-electron chi connectivity index (χ2n) is 7.36. The highest BCUT2D eigenvalue weighted by atomic mass is 19.3. The van der Waals surface area contributed by atoms with Crippen molar-refractivity contribution in [3.8, 4) is 0 Å². The number of amides is 2. The Morgan fingerprint density at radius 2 is 1.88 bits per heavy atom. The molecule has 1 saturated heterocycles. The molecule has 4 nitrogen and oxygen atoms in total. The molecule has 6 heteroatoms. The number of hydrogen-bond acceptors (Lipinski definition) is 2. The fourth-order valence-corrected chi connectivity index (χ4v) is 3.04. The Labute approximate surface area is 142 Å². The predicted octanol–water partition coefficient (Wildman–Crippen LogP) is 3.84. The van der Waals surface area contributed by atoms with Gasteiger partial charge in [0.1, 0.15) is 0 Å². The Morgan fingerprint density at radius 3 is 2.46 bits per heavy atom. The molecular formula is C18H27F2N3O. The van der Waals surface area contributed by atoms with Gasteiger partial charge in [0.25, 0.3) is 6.43 Å². The van der Waals surface area contributed by atoms with Gasteiger partial charge in [0.15, 0.2) is 0 Å². The van der Waals surface area contributed by atoms with Crippen molar-refractivity contribution < 1.29 is 13.6 Å². The summed E-state index contributed by atoms with van der Waals surface area (Å²) >= 11 is 0. The van der Waals surface area contributed by atoms with Crippen LogP contribution in [0.4, 0.5) is 19.3 Å². The zero-order valence-electron chi connectivity index (χ0n) is 14.6. The molecule has 1 heterocycles. The highest BCUT2D eigenvalue weighted by molar-refractivity contribution is 5.90. The Balaban J connectivity index is 1.87. The molecule has 0 atom stereocenters. The van der Waals surface area contributed by atoms with Crippen LogP contribution in [-0.2, 0) is 5.41 Å². The lowest BCUT2D eigenvalue weighted by molar-refractivity contribution is 0.0739. The number of benzene rings is 1. The summed E-state index contributed by atoms with van der Waals surface area (Å²) in [6.07, 6.45) is -0.908. The molecule has 1 aliphatic rings. The fourth-order valence-electron chi connectivity index (χ4n) is 3.04. The maximum atomic E-state index is 12.4. The van der Waals surface area contributed by atoms with E-state index in [4.69, 9.17) is 0 Å². The Bertz CT molecular complexity index is 549. The number of carbonyl (C=O) groups excluding carboxylic acids is 1. The summed E-state index contributed by atoms with van der Waals surface area (Å²) in [6.45, 7) is 7.30. The monoisotopic (exact) mass is 339 g/mol. The van der Waals surface area contributed by atoms with Crippen LogP contribution in [0.1, 0.15) is 39.2 Å². The molecule has 0 unspecified atom stereocenters. The minimum absolute atomic E-state index is 0.0284. The number of carbonyl (C=O) groups is 1. The number of urea groups is 1. The summed E-state index contributed by atoms with van der Waals surface area (Å²) in [7, 11) is 0. The van der Waals surface area contributed by atoms with E-state index >= 15 is 0 Å². The minimum Gasteiger partial charge on any atom is -0.335 e. The van der Waals surface area contributed by atoms with E-state index in [1.54, 1.807) is 4.90 Å². The van der Waals surface area contributed by atoms with Crippen molar-refractivity contribution in [2.75, 3.05) is 25.0 Å². The van der Waals surface area contributed by atoms with E-state index in [-0.39, 0.29) is 24.0 Å². The number of anilines is 1. The second-order valence-corrected chi connectivity index (χ2v) is 7.36. The van der Waals surface area contributed by atoms with Gasteiger partial charge in [-0.3, -0.25) is 4.90 Å². The van der Waals surface area contributed by atoms with Crippen molar-refractivity contribution in [3.63, 3.8) is 0 Å². The van der Waals surface area contributed by atoms with Gasteiger partial charge in [0.2, 0.25) is 0 Å². The zero-order chi connectivity index (χ0) is 17.7. The smallest absolute Gasteiger partial charge is 0.319 e. The maximum Gasteiger partial charge on any atom is 0.319 e. The molecule has 1 aromatic rings. The number of alkyl halides is 2. The Kier molecular flexibility index (Phi) is 6.15. The van der Waals surface area contributed by atoms with Gasteiger partial charge in [-0.1, -0.05) is 39.0 Å². The van der Waals surface area contributed by atoms with Crippen molar-refractivity contribution in [1.82, 2.24) is 10.2 Å². The molecule has 0 aromatic heterocycles. The van der Waals surface area contributed by atoms with Gasteiger partial charge in [-0.05, 0) is 29.9 Å². The van der Waals surface area contributed by atoms with Crippen LogP contribution in [0.5, 0.6) is 0 Å². The summed E-state index contributed by atoms with van der Waals surface area (Å²) in [5.74, 6) is 0. The minimum atomic E-state index is -2.30. The van der Waals surface area contributed by atoms with Crippen LogP contribution in [0.15, 0.2) is 24.3 Å². The summed E-state index contributed by atoms with van der Waals surface area (Å²) in [6, 6.07) is 7.56. The third-order valence-corrected chi connectivity index (χ3v) is 4.30. The first-order chi connectivity index (χ1) is 11.3. The molecule has 134 valence electrons. The van der Waals surface area contributed by atoms with E-state index < -0.39 is 6.43 Å². The standard InChI is InChI=1S/C18H27F2N3O/c1-18(2,3)14-6-4-5-7-15(14)22-17(24)21-13-8-10-23(11-9-13)12-16(19)20/h4-7,13,16H,8-12H2,1-3H3,(H2,21,22,24). The fraction of sp³-hybridized carbons (Fsp3) is 0.611. The predicted molar refractivity (Wildman–Crippen MR) is 92.8 cm³/mol. The number of rotatable bonds is 4. The number of piperidine rings is 1. The lowest BCUT2D eigenvalue weighted by atomic mass is 9.86. The molecule has 2 amide bonds. The molecule has 0 radical (unpaired) electrons. The van der Waals surface area contributed by atoms with Crippen molar-refractivity contribution in [2.45, 2.75) is 51.5 Å². The highest BCUT2D eigenvalue weighted by Crippen LogP contribution is 2.29. The van der Waals surface area contributed by atoms with Gasteiger partial charge >= 0.3 is 6.03 Å². The zero-order valence-corrected chi connectivity index (χ0v) is 14.6. The third kappa shape index (κ3) is 5.44. The van der Waals surface area contributed by atoms with E-state index in [0.717, 1.165) is 11.3 Å². The molecule has 2 rings (SSSR count). The SMILES string of the molecule is CC(C)(C)c1ccccc1NC(=O)NC1CCN(CC(F)F)CC1. The van der Waals surface area contributed by atoms with E-state index in [1.165, 1.54) is 0 Å². The second kappa shape index (κ2) is 7.92. The van der Waals surface area contributed by atoms with Crippen LogP contribution >= 0.6 is 0 Å². The number of nitrogens with zero attached hydrogens (tertiary/aromatic N) is 1. The number of likely N-dealkylation sites (tertiary alicyclic amines) is 1. The van der Waals surface area contributed by atoms with Crippen LogP contribution in [0, 0.1) is 0 Å². The highest BCUT2D eigenvalue weighted by Gasteiger charge is 2.23. The van der Waals surface area contributed by atoms with Gasteiger partial charge in [0, 0.05) is 24.8 Å². The average molecular weight is 339 g/mol. The normalized spacial score (nSPS) is 17.1. The van der Waals surface area contributed by atoms with E-state index in [2.05, 4.69) is 31.4 Å². The lowest BCUT2D eigenvalue weighted by Gasteiger charge is -2.32. The number of halogens is 2. The third-order valence-electron chi connectivity index (χ3n) is 4.30. The van der Waals surface area contributed by atoms with Crippen molar-refractivity contribution in [2.24, 2.45) is 0 Å². The largest absolute Gasteiger partial charge is 0.335 e. The van der Waals surface area contributed by atoms with Crippen LogP contribution in [0.2, 0.25) is 0 Å². The van der Waals surface area contributed by atoms with Crippen LogP contribution in [0.3, 0.4) is 0 Å². The quantitative estimate of drug-likeness (QED) is 0.875. The first-order valence-corrected chi connectivity index (χ1v) is 8.43. The summed E-state index contributed by atoms with van der Waals surface area (Å²) in [4.78, 5) is 14.0. The van der Waals surface area contributed by atoms with Gasteiger partial charge in [-0.15, -0.1) is 0 Å². The molecular weight excluding hydrogens is 312 g/mol. The lowest BCUT2D eigenvalue weighted by Crippen LogP contribution is -2.47. The molecule has 2 N–H and O–H groups in total. The topological polar surface area (TPSA) is 44.4 Å². The molecule has 1 aromatic carbocycles. The van der Waals surface area contributed by atoms with Gasteiger partial charge < -0.3 is 10.6 Å². The van der Waals surface area contributed by atoms with E-state index in [1.807, 2.05) is 24.3 Å². The van der Waals surface area contributed by atoms with Gasteiger partial charge in [-0.2, -0.15) is 0 Å². The van der Waals surface area contributed by atoms with Gasteiger partial charge in [-0.25, -0.2) is 13.6 Å². The van der Waals surface area contributed by atoms with E-state index in [9.17, 15) is 13.6 Å². The molecule has 1 aliphatic heterocycles. The number of nitrogens with one attached hydrogen (secondary N) is 2. The average Bonchev–Trinajstić information content (AvgIpc) is 2.48. The van der Waals surface area contributed by atoms with Crippen LogP contribution in [0.25, 0.3) is 0 Å². The molecule has 1 fully saturated rings. The number of para-hydroxylation sites is 1. The molecule has 0 saturated carbocycles. The van der Waals surface area contributed by atoms with Crippen LogP contribution in [-0.4, -0.2) is 43.0 Å². The maximum absolute atomic E-state index is 12.4. The number of hydrogen-bond donors (Lipinski definition) is 2.